The van der Waals surface area contributed by atoms with Gasteiger partial charge in [0.05, 0.1) is 0 Å². The van der Waals surface area contributed by atoms with Crippen molar-refractivity contribution < 1.29 is 8.78 Å². The van der Waals surface area contributed by atoms with E-state index in [4.69, 9.17) is 0 Å². The van der Waals surface area contributed by atoms with Gasteiger partial charge in [-0.1, -0.05) is 6.07 Å². The van der Waals surface area contributed by atoms with Gasteiger partial charge < -0.3 is 5.32 Å². The molecule has 0 aliphatic heterocycles. The lowest BCUT2D eigenvalue weighted by Crippen LogP contribution is -2.25. The minimum absolute atomic E-state index is 0.0275. The Morgan fingerprint density at radius 2 is 2.41 bits per heavy atom. The molecule has 1 aromatic rings. The Kier molecular flexibility index (Phi) is 3.72. The second-order valence-electron chi connectivity index (χ2n) is 4.88. The van der Waals surface area contributed by atoms with Crippen molar-refractivity contribution in [2.75, 3.05) is 6.54 Å². The van der Waals surface area contributed by atoms with E-state index in [9.17, 15) is 8.78 Å². The van der Waals surface area contributed by atoms with E-state index < -0.39 is 5.92 Å². The summed E-state index contributed by atoms with van der Waals surface area (Å²) in [5.74, 6) is -2.34. The lowest BCUT2D eigenvalue weighted by Gasteiger charge is -2.17. The van der Waals surface area contributed by atoms with E-state index in [2.05, 4.69) is 10.3 Å². The molecule has 0 aromatic carbocycles. The summed E-state index contributed by atoms with van der Waals surface area (Å²) < 4.78 is 26.0. The van der Waals surface area contributed by atoms with Crippen molar-refractivity contribution in [3.8, 4) is 0 Å². The molecule has 0 amide bonds. The maximum absolute atomic E-state index is 13.0. The number of rotatable bonds is 4. The van der Waals surface area contributed by atoms with Crippen molar-refractivity contribution >= 4 is 0 Å². The quantitative estimate of drug-likeness (QED) is 0.874. The minimum atomic E-state index is -2.44. The maximum Gasteiger partial charge on any atom is 0.248 e. The SMILES string of the molecule is CC(NCC1CCC(F)(F)C1)c1cccnc1. The molecular formula is C13H18F2N2. The van der Waals surface area contributed by atoms with Crippen LogP contribution in [0.4, 0.5) is 8.78 Å². The lowest BCUT2D eigenvalue weighted by molar-refractivity contribution is 0.00500. The molecule has 0 radical (unpaired) electrons. The van der Waals surface area contributed by atoms with Crippen LogP contribution in [-0.2, 0) is 0 Å². The molecule has 2 nitrogen and oxygen atoms in total. The molecule has 2 atom stereocenters. The van der Waals surface area contributed by atoms with Gasteiger partial charge in [-0.3, -0.25) is 4.98 Å². The average Bonchev–Trinajstić information content (AvgIpc) is 2.67. The van der Waals surface area contributed by atoms with Crippen LogP contribution in [0.2, 0.25) is 0 Å². The first-order chi connectivity index (χ1) is 8.07. The standard InChI is InChI=1S/C13H18F2N2/c1-10(12-3-2-6-16-9-12)17-8-11-4-5-13(14,15)7-11/h2-3,6,9-11,17H,4-5,7-8H2,1H3. The van der Waals surface area contributed by atoms with Crippen LogP contribution in [-0.4, -0.2) is 17.5 Å². The highest BCUT2D eigenvalue weighted by molar-refractivity contribution is 5.12. The number of hydrogen-bond donors (Lipinski definition) is 1. The zero-order valence-corrected chi connectivity index (χ0v) is 10.00. The Morgan fingerprint density at radius 3 is 3.00 bits per heavy atom. The van der Waals surface area contributed by atoms with E-state index >= 15 is 0 Å². The van der Waals surface area contributed by atoms with E-state index in [1.165, 1.54) is 0 Å². The lowest BCUT2D eigenvalue weighted by atomic mass is 10.1. The second-order valence-corrected chi connectivity index (χ2v) is 4.88. The summed E-state index contributed by atoms with van der Waals surface area (Å²) >= 11 is 0. The summed E-state index contributed by atoms with van der Waals surface area (Å²) in [7, 11) is 0. The third-order valence-corrected chi connectivity index (χ3v) is 3.40. The van der Waals surface area contributed by atoms with E-state index in [-0.39, 0.29) is 24.8 Å². The highest BCUT2D eigenvalue weighted by Crippen LogP contribution is 2.38. The van der Waals surface area contributed by atoms with Gasteiger partial charge in [0.15, 0.2) is 0 Å². The molecule has 1 aliphatic rings. The van der Waals surface area contributed by atoms with E-state index in [1.807, 2.05) is 19.1 Å². The number of nitrogens with zero attached hydrogens (tertiary/aromatic N) is 1. The van der Waals surface area contributed by atoms with Gasteiger partial charge in [0.1, 0.15) is 0 Å². The minimum Gasteiger partial charge on any atom is -0.310 e. The third kappa shape index (κ3) is 3.46. The Labute approximate surface area is 100 Å². The Hall–Kier alpha value is -1.03. The molecule has 94 valence electrons. The fourth-order valence-electron chi connectivity index (χ4n) is 2.31. The van der Waals surface area contributed by atoms with Crippen molar-refractivity contribution in [1.82, 2.24) is 10.3 Å². The van der Waals surface area contributed by atoms with Gasteiger partial charge in [0.2, 0.25) is 5.92 Å². The topological polar surface area (TPSA) is 24.9 Å². The number of halogens is 2. The van der Waals surface area contributed by atoms with Crippen LogP contribution in [0.25, 0.3) is 0 Å². The van der Waals surface area contributed by atoms with Crippen molar-refractivity contribution in [3.05, 3.63) is 30.1 Å². The van der Waals surface area contributed by atoms with Crippen LogP contribution in [0, 0.1) is 5.92 Å². The van der Waals surface area contributed by atoms with E-state index in [1.54, 1.807) is 12.4 Å². The van der Waals surface area contributed by atoms with Crippen LogP contribution >= 0.6 is 0 Å². The van der Waals surface area contributed by atoms with Crippen LogP contribution in [0.5, 0.6) is 0 Å². The summed E-state index contributed by atoms with van der Waals surface area (Å²) in [6.07, 6.45) is 4.23. The summed E-state index contributed by atoms with van der Waals surface area (Å²) in [4.78, 5) is 4.05. The largest absolute Gasteiger partial charge is 0.310 e. The molecule has 17 heavy (non-hydrogen) atoms. The number of nitrogens with one attached hydrogen (secondary N) is 1. The fraction of sp³-hybridized carbons (Fsp3) is 0.615. The van der Waals surface area contributed by atoms with Gasteiger partial charge in [-0.25, -0.2) is 8.78 Å². The number of aromatic nitrogens is 1. The fourth-order valence-corrected chi connectivity index (χ4v) is 2.31. The molecule has 1 fully saturated rings. The average molecular weight is 240 g/mol. The number of alkyl halides is 2. The first-order valence-corrected chi connectivity index (χ1v) is 6.08. The third-order valence-electron chi connectivity index (χ3n) is 3.40. The molecule has 4 heteroatoms. The molecular weight excluding hydrogens is 222 g/mol. The number of pyridine rings is 1. The van der Waals surface area contributed by atoms with Gasteiger partial charge in [-0.05, 0) is 37.4 Å². The van der Waals surface area contributed by atoms with Crippen molar-refractivity contribution in [2.24, 2.45) is 5.92 Å². The summed E-state index contributed by atoms with van der Waals surface area (Å²) in [6, 6.07) is 4.04. The normalized spacial score (nSPS) is 24.8. The summed E-state index contributed by atoms with van der Waals surface area (Å²) in [5.41, 5.74) is 1.09. The van der Waals surface area contributed by atoms with Crippen molar-refractivity contribution in [1.29, 1.82) is 0 Å². The summed E-state index contributed by atoms with van der Waals surface area (Å²) in [5, 5.41) is 3.31. The van der Waals surface area contributed by atoms with Gasteiger partial charge in [0.25, 0.3) is 0 Å². The van der Waals surface area contributed by atoms with Crippen LogP contribution in [0.15, 0.2) is 24.5 Å². The molecule has 2 unspecified atom stereocenters. The maximum atomic E-state index is 13.0. The Bertz CT molecular complexity index is 354. The first kappa shape index (κ1) is 12.4. The molecule has 1 aliphatic carbocycles. The molecule has 0 saturated heterocycles. The molecule has 0 spiro atoms. The number of hydrogen-bond acceptors (Lipinski definition) is 2. The Balaban J connectivity index is 1.79. The predicted molar refractivity (Wildman–Crippen MR) is 62.9 cm³/mol. The monoisotopic (exact) mass is 240 g/mol. The van der Waals surface area contributed by atoms with E-state index in [0.29, 0.717) is 13.0 Å². The first-order valence-electron chi connectivity index (χ1n) is 6.08. The van der Waals surface area contributed by atoms with Gasteiger partial charge in [-0.2, -0.15) is 0 Å². The second kappa shape index (κ2) is 5.08. The molecule has 1 aromatic heterocycles. The van der Waals surface area contributed by atoms with Gasteiger partial charge in [0, 0.05) is 31.3 Å². The van der Waals surface area contributed by atoms with Crippen LogP contribution < -0.4 is 5.32 Å². The zero-order chi connectivity index (χ0) is 12.3. The van der Waals surface area contributed by atoms with Crippen molar-refractivity contribution in [3.63, 3.8) is 0 Å². The molecule has 1 N–H and O–H groups in total. The zero-order valence-electron chi connectivity index (χ0n) is 10.00. The highest BCUT2D eigenvalue weighted by atomic mass is 19.3. The van der Waals surface area contributed by atoms with Gasteiger partial charge in [-0.15, -0.1) is 0 Å². The summed E-state index contributed by atoms with van der Waals surface area (Å²) in [6.45, 7) is 2.69. The smallest absolute Gasteiger partial charge is 0.248 e. The molecule has 2 rings (SSSR count). The van der Waals surface area contributed by atoms with Crippen LogP contribution in [0.1, 0.15) is 37.8 Å². The Morgan fingerprint density at radius 1 is 1.59 bits per heavy atom. The van der Waals surface area contributed by atoms with Crippen LogP contribution in [0.3, 0.4) is 0 Å². The van der Waals surface area contributed by atoms with Crippen molar-refractivity contribution in [2.45, 2.75) is 38.2 Å². The highest BCUT2D eigenvalue weighted by Gasteiger charge is 2.39. The molecule has 0 bridgehead atoms. The predicted octanol–water partition coefficient (Wildman–Crippen LogP) is 3.17. The molecule has 1 heterocycles. The van der Waals surface area contributed by atoms with E-state index in [0.717, 1.165) is 5.56 Å². The molecule has 1 saturated carbocycles. The van der Waals surface area contributed by atoms with Gasteiger partial charge >= 0.3 is 0 Å².